The van der Waals surface area contributed by atoms with Crippen LogP contribution in [-0.2, 0) is 6.54 Å². The van der Waals surface area contributed by atoms with E-state index in [9.17, 15) is 4.79 Å². The molecule has 1 N–H and O–H groups in total. The first-order valence-corrected chi connectivity index (χ1v) is 7.02. The largest absolute Gasteiger partial charge is 0.378 e. The number of anilines is 2. The standard InChI is InChI=1S/C16H21N5O/c1-20(2)13-7-5-6-12(10-13)16(22)18-11-14-17-9-8-15(19-14)21(3)4/h5-10H,11H2,1-4H3,(H,18,22). The number of hydrogen-bond acceptors (Lipinski definition) is 5. The van der Waals surface area contributed by atoms with Gasteiger partial charge >= 0.3 is 0 Å². The lowest BCUT2D eigenvalue weighted by Crippen LogP contribution is -2.24. The van der Waals surface area contributed by atoms with Gasteiger partial charge in [0, 0.05) is 45.6 Å². The molecule has 0 radical (unpaired) electrons. The van der Waals surface area contributed by atoms with Gasteiger partial charge in [-0.05, 0) is 24.3 Å². The van der Waals surface area contributed by atoms with E-state index in [0.29, 0.717) is 17.9 Å². The third kappa shape index (κ3) is 3.94. The molecule has 0 saturated carbocycles. The van der Waals surface area contributed by atoms with Crippen molar-refractivity contribution < 1.29 is 4.79 Å². The summed E-state index contributed by atoms with van der Waals surface area (Å²) in [5.74, 6) is 1.26. The molecule has 6 nitrogen and oxygen atoms in total. The third-order valence-corrected chi connectivity index (χ3v) is 3.18. The molecule has 116 valence electrons. The molecule has 1 amide bonds. The molecule has 1 aromatic carbocycles. The molecule has 1 heterocycles. The minimum absolute atomic E-state index is 0.137. The number of amides is 1. The quantitative estimate of drug-likeness (QED) is 0.907. The molecule has 0 aliphatic rings. The van der Waals surface area contributed by atoms with Gasteiger partial charge in [0.25, 0.3) is 5.91 Å². The Morgan fingerprint density at radius 3 is 2.59 bits per heavy atom. The lowest BCUT2D eigenvalue weighted by atomic mass is 10.2. The Bertz CT molecular complexity index is 654. The summed E-state index contributed by atoms with van der Waals surface area (Å²) < 4.78 is 0. The summed E-state index contributed by atoms with van der Waals surface area (Å²) in [6, 6.07) is 9.30. The highest BCUT2D eigenvalue weighted by molar-refractivity contribution is 5.95. The summed E-state index contributed by atoms with van der Waals surface area (Å²) in [5.41, 5.74) is 1.61. The average Bonchev–Trinajstić information content (AvgIpc) is 2.53. The van der Waals surface area contributed by atoms with Crippen molar-refractivity contribution in [1.82, 2.24) is 15.3 Å². The molecule has 0 saturated heterocycles. The number of aromatic nitrogens is 2. The van der Waals surface area contributed by atoms with Crippen LogP contribution in [0.4, 0.5) is 11.5 Å². The zero-order chi connectivity index (χ0) is 16.1. The highest BCUT2D eigenvalue weighted by atomic mass is 16.1. The first kappa shape index (κ1) is 15.8. The number of hydrogen-bond donors (Lipinski definition) is 1. The van der Waals surface area contributed by atoms with E-state index in [1.165, 1.54) is 0 Å². The van der Waals surface area contributed by atoms with Crippen LogP contribution in [0.25, 0.3) is 0 Å². The topological polar surface area (TPSA) is 61.4 Å². The lowest BCUT2D eigenvalue weighted by Gasteiger charge is -2.14. The fourth-order valence-electron chi connectivity index (χ4n) is 1.91. The second-order valence-corrected chi connectivity index (χ2v) is 5.35. The maximum absolute atomic E-state index is 12.2. The van der Waals surface area contributed by atoms with Crippen molar-refractivity contribution in [2.75, 3.05) is 38.0 Å². The monoisotopic (exact) mass is 299 g/mol. The van der Waals surface area contributed by atoms with Crippen molar-refractivity contribution in [3.05, 3.63) is 47.9 Å². The molecular formula is C16H21N5O. The maximum Gasteiger partial charge on any atom is 0.251 e. The molecule has 22 heavy (non-hydrogen) atoms. The van der Waals surface area contributed by atoms with E-state index in [4.69, 9.17) is 0 Å². The number of carbonyl (C=O) groups excluding carboxylic acids is 1. The molecule has 0 fully saturated rings. The van der Waals surface area contributed by atoms with E-state index in [0.717, 1.165) is 11.5 Å². The van der Waals surface area contributed by atoms with E-state index >= 15 is 0 Å². The lowest BCUT2D eigenvalue weighted by molar-refractivity contribution is 0.0950. The molecular weight excluding hydrogens is 278 g/mol. The summed E-state index contributed by atoms with van der Waals surface area (Å²) in [4.78, 5) is 24.6. The molecule has 2 rings (SSSR count). The number of benzene rings is 1. The van der Waals surface area contributed by atoms with Gasteiger partial charge in [-0.15, -0.1) is 0 Å². The Labute approximate surface area is 130 Å². The van der Waals surface area contributed by atoms with Crippen LogP contribution in [0.15, 0.2) is 36.5 Å². The van der Waals surface area contributed by atoms with E-state index in [2.05, 4.69) is 15.3 Å². The van der Waals surface area contributed by atoms with Gasteiger partial charge in [-0.25, -0.2) is 9.97 Å². The fraction of sp³-hybridized carbons (Fsp3) is 0.312. The fourth-order valence-corrected chi connectivity index (χ4v) is 1.91. The summed E-state index contributed by atoms with van der Waals surface area (Å²) in [6.07, 6.45) is 1.69. The van der Waals surface area contributed by atoms with E-state index in [1.54, 1.807) is 12.3 Å². The Morgan fingerprint density at radius 1 is 1.14 bits per heavy atom. The van der Waals surface area contributed by atoms with Crippen LogP contribution in [0, 0.1) is 0 Å². The van der Waals surface area contributed by atoms with Gasteiger partial charge in [0.2, 0.25) is 0 Å². The minimum atomic E-state index is -0.137. The van der Waals surface area contributed by atoms with Gasteiger partial charge in [0.15, 0.2) is 0 Å². The number of carbonyl (C=O) groups is 1. The average molecular weight is 299 g/mol. The Kier molecular flexibility index (Phi) is 4.93. The first-order valence-electron chi connectivity index (χ1n) is 7.02. The maximum atomic E-state index is 12.2. The molecule has 0 unspecified atom stereocenters. The molecule has 0 atom stereocenters. The minimum Gasteiger partial charge on any atom is -0.378 e. The predicted octanol–water partition coefficient (Wildman–Crippen LogP) is 1.54. The number of nitrogens with zero attached hydrogens (tertiary/aromatic N) is 4. The van der Waals surface area contributed by atoms with Crippen LogP contribution in [0.1, 0.15) is 16.2 Å². The first-order chi connectivity index (χ1) is 10.5. The number of nitrogens with one attached hydrogen (secondary N) is 1. The van der Waals surface area contributed by atoms with Crippen LogP contribution in [0.3, 0.4) is 0 Å². The van der Waals surface area contributed by atoms with Gasteiger partial charge in [-0.1, -0.05) is 6.07 Å². The van der Waals surface area contributed by atoms with Crippen LogP contribution in [-0.4, -0.2) is 44.1 Å². The summed E-state index contributed by atoms with van der Waals surface area (Å²) >= 11 is 0. The van der Waals surface area contributed by atoms with Crippen LogP contribution >= 0.6 is 0 Å². The van der Waals surface area contributed by atoms with Crippen LogP contribution in [0.2, 0.25) is 0 Å². The summed E-state index contributed by atoms with van der Waals surface area (Å²) in [6.45, 7) is 0.298. The van der Waals surface area contributed by atoms with Gasteiger partial charge in [0.1, 0.15) is 11.6 Å². The molecule has 1 aromatic heterocycles. The van der Waals surface area contributed by atoms with E-state index < -0.39 is 0 Å². The van der Waals surface area contributed by atoms with Gasteiger partial charge in [0.05, 0.1) is 6.54 Å². The van der Waals surface area contributed by atoms with Crippen LogP contribution < -0.4 is 15.1 Å². The van der Waals surface area contributed by atoms with Gasteiger partial charge < -0.3 is 15.1 Å². The second-order valence-electron chi connectivity index (χ2n) is 5.35. The normalized spacial score (nSPS) is 10.2. The summed E-state index contributed by atoms with van der Waals surface area (Å²) in [5, 5.41) is 2.85. The van der Waals surface area contributed by atoms with Crippen LogP contribution in [0.5, 0.6) is 0 Å². The SMILES string of the molecule is CN(C)c1cccc(C(=O)NCc2nccc(N(C)C)n2)c1. The molecule has 0 bridgehead atoms. The smallest absolute Gasteiger partial charge is 0.251 e. The zero-order valence-electron chi connectivity index (χ0n) is 13.4. The Hall–Kier alpha value is -2.63. The Morgan fingerprint density at radius 2 is 1.91 bits per heavy atom. The predicted molar refractivity (Wildman–Crippen MR) is 88.3 cm³/mol. The molecule has 0 aliphatic heterocycles. The van der Waals surface area contributed by atoms with Gasteiger partial charge in [-0.2, -0.15) is 0 Å². The highest BCUT2D eigenvalue weighted by Crippen LogP contribution is 2.13. The van der Waals surface area contributed by atoms with E-state index in [1.807, 2.05) is 62.3 Å². The van der Waals surface area contributed by atoms with Crippen molar-refractivity contribution in [2.24, 2.45) is 0 Å². The van der Waals surface area contributed by atoms with Crippen molar-refractivity contribution in [2.45, 2.75) is 6.54 Å². The summed E-state index contributed by atoms with van der Waals surface area (Å²) in [7, 11) is 7.71. The van der Waals surface area contributed by atoms with Crippen molar-refractivity contribution in [3.63, 3.8) is 0 Å². The second kappa shape index (κ2) is 6.89. The highest BCUT2D eigenvalue weighted by Gasteiger charge is 2.08. The van der Waals surface area contributed by atoms with E-state index in [-0.39, 0.29) is 5.91 Å². The van der Waals surface area contributed by atoms with Gasteiger partial charge in [-0.3, -0.25) is 4.79 Å². The van der Waals surface area contributed by atoms with Crippen molar-refractivity contribution >= 4 is 17.4 Å². The number of rotatable bonds is 5. The van der Waals surface area contributed by atoms with Crippen molar-refractivity contribution in [3.8, 4) is 0 Å². The third-order valence-electron chi connectivity index (χ3n) is 3.18. The molecule has 0 aliphatic carbocycles. The molecule has 6 heteroatoms. The Balaban J connectivity index is 2.04. The van der Waals surface area contributed by atoms with Crippen molar-refractivity contribution in [1.29, 1.82) is 0 Å². The zero-order valence-corrected chi connectivity index (χ0v) is 13.4. The molecule has 2 aromatic rings. The molecule has 0 spiro atoms.